The predicted octanol–water partition coefficient (Wildman–Crippen LogP) is 2.58. The van der Waals surface area contributed by atoms with Crippen molar-refractivity contribution in [2.24, 2.45) is 5.92 Å². The summed E-state index contributed by atoms with van der Waals surface area (Å²) in [6.07, 6.45) is 0.912. The lowest BCUT2D eigenvalue weighted by atomic mass is 10.2. The van der Waals surface area contributed by atoms with Crippen molar-refractivity contribution in [2.75, 3.05) is 5.75 Å². The largest absolute Gasteiger partial charge is 0.475 e. The zero-order valence-electron chi connectivity index (χ0n) is 10.4. The van der Waals surface area contributed by atoms with Crippen molar-refractivity contribution in [3.05, 3.63) is 23.2 Å². The molecule has 1 heterocycles. The number of furan rings is 1. The minimum Gasteiger partial charge on any atom is -0.475 e. The number of hydrogen-bond donors (Lipinski definition) is 1. The number of carboxylic acids is 1. The van der Waals surface area contributed by atoms with Gasteiger partial charge in [-0.3, -0.25) is 4.21 Å². The van der Waals surface area contributed by atoms with Crippen LogP contribution in [0.1, 0.15) is 42.1 Å². The van der Waals surface area contributed by atoms with Gasteiger partial charge in [0.2, 0.25) is 5.76 Å². The molecule has 0 aromatic carbocycles. The molecule has 4 nitrogen and oxygen atoms in total. The minimum atomic E-state index is -1.09. The fraction of sp³-hybridized carbons (Fsp3) is 0.583. The van der Waals surface area contributed by atoms with Gasteiger partial charge in [0.05, 0.1) is 5.75 Å². The van der Waals surface area contributed by atoms with Gasteiger partial charge in [-0.05, 0) is 25.3 Å². The highest BCUT2D eigenvalue weighted by atomic mass is 32.2. The van der Waals surface area contributed by atoms with Crippen LogP contribution >= 0.6 is 0 Å². The molecular weight excluding hydrogens is 240 g/mol. The van der Waals surface area contributed by atoms with E-state index >= 15 is 0 Å². The summed E-state index contributed by atoms with van der Waals surface area (Å²) in [6, 6.07) is 1.46. The average molecular weight is 258 g/mol. The normalized spacial score (nSPS) is 12.9. The maximum atomic E-state index is 11.8. The Morgan fingerprint density at radius 3 is 2.65 bits per heavy atom. The monoisotopic (exact) mass is 258 g/mol. The zero-order valence-corrected chi connectivity index (χ0v) is 11.2. The molecule has 1 rings (SSSR count). The van der Waals surface area contributed by atoms with Crippen molar-refractivity contribution in [3.63, 3.8) is 0 Å². The molecule has 0 aliphatic carbocycles. The fourth-order valence-electron chi connectivity index (χ4n) is 1.38. The van der Waals surface area contributed by atoms with Gasteiger partial charge < -0.3 is 9.52 Å². The van der Waals surface area contributed by atoms with Crippen molar-refractivity contribution in [1.82, 2.24) is 0 Å². The number of aryl methyl sites for hydroxylation is 1. The molecule has 0 fully saturated rings. The Morgan fingerprint density at radius 1 is 1.53 bits per heavy atom. The van der Waals surface area contributed by atoms with E-state index in [0.717, 1.165) is 12.0 Å². The molecule has 0 spiro atoms. The Bertz CT molecular complexity index is 420. The van der Waals surface area contributed by atoms with Crippen molar-refractivity contribution >= 4 is 16.8 Å². The highest BCUT2D eigenvalue weighted by molar-refractivity contribution is 7.84. The fourth-order valence-corrected chi connectivity index (χ4v) is 2.89. The topological polar surface area (TPSA) is 67.5 Å². The molecule has 1 N–H and O–H groups in total. The highest BCUT2D eigenvalue weighted by Crippen LogP contribution is 2.17. The van der Waals surface area contributed by atoms with Gasteiger partial charge in [-0.15, -0.1) is 0 Å². The molecule has 1 unspecified atom stereocenters. The first-order valence-corrected chi connectivity index (χ1v) is 7.06. The van der Waals surface area contributed by atoms with Crippen LogP contribution in [0.25, 0.3) is 0 Å². The lowest BCUT2D eigenvalue weighted by Crippen LogP contribution is -2.04. The Kier molecular flexibility index (Phi) is 4.93. The Morgan fingerprint density at radius 2 is 2.18 bits per heavy atom. The van der Waals surface area contributed by atoms with Crippen molar-refractivity contribution in [2.45, 2.75) is 32.9 Å². The highest BCUT2D eigenvalue weighted by Gasteiger charge is 2.14. The zero-order chi connectivity index (χ0) is 13.0. The van der Waals surface area contributed by atoms with Crippen LogP contribution in [-0.4, -0.2) is 21.0 Å². The Balaban J connectivity index is 2.62. The van der Waals surface area contributed by atoms with E-state index in [1.54, 1.807) is 6.92 Å². The van der Waals surface area contributed by atoms with Crippen LogP contribution in [0, 0.1) is 12.8 Å². The third kappa shape index (κ3) is 4.34. The Hall–Kier alpha value is -1.10. The maximum Gasteiger partial charge on any atom is 0.371 e. The number of carbonyl (C=O) groups is 1. The van der Waals surface area contributed by atoms with Crippen molar-refractivity contribution in [1.29, 1.82) is 0 Å². The second kappa shape index (κ2) is 6.00. The van der Waals surface area contributed by atoms with E-state index in [-0.39, 0.29) is 5.76 Å². The molecule has 1 aromatic heterocycles. The summed E-state index contributed by atoms with van der Waals surface area (Å²) in [5.74, 6) is 0.907. The molecule has 0 amide bonds. The summed E-state index contributed by atoms with van der Waals surface area (Å²) in [5, 5.41) is 8.76. The second-order valence-corrected chi connectivity index (χ2v) is 6.04. The molecule has 1 aromatic rings. The minimum absolute atomic E-state index is 0.0849. The quantitative estimate of drug-likeness (QED) is 0.851. The van der Waals surface area contributed by atoms with Crippen LogP contribution < -0.4 is 0 Å². The van der Waals surface area contributed by atoms with Gasteiger partial charge >= 0.3 is 5.97 Å². The molecule has 5 heteroatoms. The first-order chi connectivity index (χ1) is 7.90. The first kappa shape index (κ1) is 14.0. The van der Waals surface area contributed by atoms with Crippen LogP contribution in [0.3, 0.4) is 0 Å². The average Bonchev–Trinajstić information content (AvgIpc) is 2.58. The molecule has 0 saturated carbocycles. The summed E-state index contributed by atoms with van der Waals surface area (Å²) in [6.45, 7) is 5.87. The van der Waals surface area contributed by atoms with Gasteiger partial charge in [0.25, 0.3) is 0 Å². The number of aromatic carboxylic acids is 1. The van der Waals surface area contributed by atoms with E-state index < -0.39 is 16.8 Å². The predicted molar refractivity (Wildman–Crippen MR) is 66.6 cm³/mol. The number of hydrogen-bond acceptors (Lipinski definition) is 3. The van der Waals surface area contributed by atoms with Gasteiger partial charge in [-0.2, -0.15) is 0 Å². The smallest absolute Gasteiger partial charge is 0.371 e. The molecule has 0 radical (unpaired) electrons. The molecular formula is C12H18O4S. The van der Waals surface area contributed by atoms with Crippen molar-refractivity contribution < 1.29 is 18.5 Å². The van der Waals surface area contributed by atoms with E-state index in [0.29, 0.717) is 23.2 Å². The van der Waals surface area contributed by atoms with Crippen LogP contribution in [0.15, 0.2) is 10.5 Å². The van der Waals surface area contributed by atoms with E-state index in [1.165, 1.54) is 6.07 Å². The van der Waals surface area contributed by atoms with Gasteiger partial charge in [0, 0.05) is 22.1 Å². The summed E-state index contributed by atoms with van der Waals surface area (Å²) >= 11 is 0. The SMILES string of the molecule is Cc1oc(C(=O)O)cc1CS(=O)CCC(C)C. The first-order valence-electron chi connectivity index (χ1n) is 5.57. The molecule has 1 atom stereocenters. The molecule has 96 valence electrons. The Labute approximate surface area is 103 Å². The van der Waals surface area contributed by atoms with E-state index in [9.17, 15) is 9.00 Å². The van der Waals surface area contributed by atoms with Gasteiger partial charge in [0.1, 0.15) is 5.76 Å². The third-order valence-corrected chi connectivity index (χ3v) is 3.79. The molecule has 0 aliphatic rings. The van der Waals surface area contributed by atoms with Crippen LogP contribution in [0.2, 0.25) is 0 Å². The summed E-state index contributed by atoms with van der Waals surface area (Å²) in [7, 11) is -0.955. The lowest BCUT2D eigenvalue weighted by molar-refractivity contribution is 0.0661. The molecule has 0 aliphatic heterocycles. The molecule has 0 bridgehead atoms. The maximum absolute atomic E-state index is 11.8. The molecule has 0 saturated heterocycles. The van der Waals surface area contributed by atoms with Gasteiger partial charge in [0.15, 0.2) is 0 Å². The van der Waals surface area contributed by atoms with Gasteiger partial charge in [-0.25, -0.2) is 4.79 Å². The van der Waals surface area contributed by atoms with Crippen LogP contribution in [-0.2, 0) is 16.6 Å². The number of carboxylic acid groups (broad SMARTS) is 1. The third-order valence-electron chi connectivity index (χ3n) is 2.47. The number of rotatable bonds is 6. The van der Waals surface area contributed by atoms with Gasteiger partial charge in [-0.1, -0.05) is 13.8 Å². The van der Waals surface area contributed by atoms with Crippen molar-refractivity contribution in [3.8, 4) is 0 Å². The van der Waals surface area contributed by atoms with E-state index in [1.807, 2.05) is 0 Å². The molecule has 17 heavy (non-hydrogen) atoms. The van der Waals surface area contributed by atoms with Crippen LogP contribution in [0.4, 0.5) is 0 Å². The second-order valence-electron chi connectivity index (χ2n) is 4.47. The van der Waals surface area contributed by atoms with E-state index in [2.05, 4.69) is 13.8 Å². The van der Waals surface area contributed by atoms with E-state index in [4.69, 9.17) is 9.52 Å². The lowest BCUT2D eigenvalue weighted by Gasteiger charge is -2.04. The van der Waals surface area contributed by atoms with Crippen LogP contribution in [0.5, 0.6) is 0 Å². The summed E-state index contributed by atoms with van der Waals surface area (Å²) in [5.41, 5.74) is 0.726. The summed E-state index contributed by atoms with van der Waals surface area (Å²) < 4.78 is 16.8. The standard InChI is InChI=1S/C12H18O4S/c1-8(2)4-5-17(15)7-10-6-11(12(13)14)16-9(10)3/h6,8H,4-5,7H2,1-3H3,(H,13,14). The summed E-state index contributed by atoms with van der Waals surface area (Å²) in [4.78, 5) is 10.7.